The number of carbonyl (C=O) groups excluding carboxylic acids is 1. The number of hydrogen-bond acceptors (Lipinski definition) is 2. The fourth-order valence-corrected chi connectivity index (χ4v) is 3.52. The van der Waals surface area contributed by atoms with Gasteiger partial charge in [0, 0.05) is 28.8 Å². The Hall–Kier alpha value is -1.81. The number of anilines is 2. The van der Waals surface area contributed by atoms with Gasteiger partial charge in [-0.2, -0.15) is 0 Å². The number of benzene rings is 2. The number of amides is 1. The predicted octanol–water partition coefficient (Wildman–Crippen LogP) is 4.75. The first kappa shape index (κ1) is 15.1. The lowest BCUT2D eigenvalue weighted by Crippen LogP contribution is -2.39. The number of nitrogens with one attached hydrogen (secondary N) is 1. The van der Waals surface area contributed by atoms with E-state index < -0.39 is 0 Å². The van der Waals surface area contributed by atoms with Crippen molar-refractivity contribution in [3.63, 3.8) is 0 Å². The van der Waals surface area contributed by atoms with Gasteiger partial charge in [-0.1, -0.05) is 34.1 Å². The van der Waals surface area contributed by atoms with Gasteiger partial charge in [0.25, 0.3) is 0 Å². The zero-order valence-electron chi connectivity index (χ0n) is 12.7. The van der Waals surface area contributed by atoms with Gasteiger partial charge in [-0.15, -0.1) is 0 Å². The minimum Gasteiger partial charge on any atom is -0.382 e. The van der Waals surface area contributed by atoms with Crippen LogP contribution in [-0.4, -0.2) is 11.9 Å². The van der Waals surface area contributed by atoms with Crippen molar-refractivity contribution in [1.82, 2.24) is 0 Å². The van der Waals surface area contributed by atoms with E-state index in [0.29, 0.717) is 6.04 Å². The van der Waals surface area contributed by atoms with E-state index in [1.807, 2.05) is 41.3 Å². The Labute approximate surface area is 139 Å². The van der Waals surface area contributed by atoms with E-state index in [9.17, 15) is 4.79 Å². The predicted molar refractivity (Wildman–Crippen MR) is 94.2 cm³/mol. The van der Waals surface area contributed by atoms with Crippen molar-refractivity contribution in [2.24, 2.45) is 0 Å². The Morgan fingerprint density at radius 3 is 2.64 bits per heavy atom. The highest BCUT2D eigenvalue weighted by Gasteiger charge is 2.31. The molecule has 22 heavy (non-hydrogen) atoms. The molecule has 1 amide bonds. The summed E-state index contributed by atoms with van der Waals surface area (Å²) in [6.45, 7) is 3.79. The third kappa shape index (κ3) is 2.88. The van der Waals surface area contributed by atoms with Gasteiger partial charge in [0.2, 0.25) is 5.91 Å². The van der Waals surface area contributed by atoms with Crippen molar-refractivity contribution in [1.29, 1.82) is 0 Å². The number of hydrogen-bond donors (Lipinski definition) is 1. The van der Waals surface area contributed by atoms with Gasteiger partial charge >= 0.3 is 0 Å². The third-order valence-corrected chi connectivity index (χ3v) is 4.53. The highest BCUT2D eigenvalue weighted by atomic mass is 79.9. The maximum atomic E-state index is 12.3. The van der Waals surface area contributed by atoms with Crippen LogP contribution in [0.2, 0.25) is 0 Å². The molecule has 0 bridgehead atoms. The second-order valence-corrected chi connectivity index (χ2v) is 6.67. The van der Waals surface area contributed by atoms with E-state index in [1.165, 1.54) is 0 Å². The Bertz CT molecular complexity index is 687. The van der Waals surface area contributed by atoms with Crippen LogP contribution in [0.1, 0.15) is 31.9 Å². The molecule has 1 heterocycles. The molecular formula is C18H19BrN2O. The summed E-state index contributed by atoms with van der Waals surface area (Å²) in [4.78, 5) is 14.2. The fourth-order valence-electron chi connectivity index (χ4n) is 3.14. The highest BCUT2D eigenvalue weighted by molar-refractivity contribution is 9.10. The Morgan fingerprint density at radius 2 is 1.95 bits per heavy atom. The largest absolute Gasteiger partial charge is 0.382 e. The first-order valence-electron chi connectivity index (χ1n) is 7.47. The van der Waals surface area contributed by atoms with Crippen LogP contribution in [0.4, 0.5) is 11.4 Å². The topological polar surface area (TPSA) is 32.3 Å². The molecule has 0 aliphatic carbocycles. The van der Waals surface area contributed by atoms with Gasteiger partial charge in [0.15, 0.2) is 0 Å². The molecule has 0 spiro atoms. The lowest BCUT2D eigenvalue weighted by Gasteiger charge is -2.38. The summed E-state index contributed by atoms with van der Waals surface area (Å²) < 4.78 is 1.03. The number of halogens is 1. The van der Waals surface area contributed by atoms with E-state index in [2.05, 4.69) is 40.3 Å². The zero-order chi connectivity index (χ0) is 15.7. The quantitative estimate of drug-likeness (QED) is 0.840. The molecule has 0 radical (unpaired) electrons. The van der Waals surface area contributed by atoms with Crippen LogP contribution >= 0.6 is 15.9 Å². The maximum Gasteiger partial charge on any atom is 0.224 e. The minimum absolute atomic E-state index is 0.0450. The van der Waals surface area contributed by atoms with Crippen LogP contribution < -0.4 is 10.2 Å². The molecule has 2 aromatic carbocycles. The van der Waals surface area contributed by atoms with E-state index >= 15 is 0 Å². The highest BCUT2D eigenvalue weighted by Crippen LogP contribution is 2.40. The molecule has 1 N–H and O–H groups in total. The molecule has 3 nitrogen and oxygen atoms in total. The molecule has 114 valence electrons. The first-order chi connectivity index (χ1) is 10.6. The second-order valence-electron chi connectivity index (χ2n) is 5.75. The maximum absolute atomic E-state index is 12.3. The van der Waals surface area contributed by atoms with Crippen LogP contribution in [0.25, 0.3) is 0 Å². The molecule has 3 rings (SSSR count). The van der Waals surface area contributed by atoms with Crippen LogP contribution in [0.5, 0.6) is 0 Å². The smallest absolute Gasteiger partial charge is 0.224 e. The molecule has 0 saturated heterocycles. The summed E-state index contributed by atoms with van der Waals surface area (Å²) in [6.07, 6.45) is 0.887. The Balaban J connectivity index is 2.09. The summed E-state index contributed by atoms with van der Waals surface area (Å²) >= 11 is 3.54. The summed E-state index contributed by atoms with van der Waals surface area (Å²) in [5, 5.41) is 3.50. The van der Waals surface area contributed by atoms with Crippen LogP contribution in [0.3, 0.4) is 0 Å². The van der Waals surface area contributed by atoms with E-state index in [4.69, 9.17) is 0 Å². The summed E-state index contributed by atoms with van der Waals surface area (Å²) in [5.74, 6) is 0.0659. The molecular weight excluding hydrogens is 340 g/mol. The van der Waals surface area contributed by atoms with Crippen LogP contribution in [0, 0.1) is 0 Å². The van der Waals surface area contributed by atoms with E-state index in [1.54, 1.807) is 6.92 Å². The summed E-state index contributed by atoms with van der Waals surface area (Å²) in [6, 6.07) is 16.5. The molecule has 2 aromatic rings. The molecule has 0 fully saturated rings. The fraction of sp³-hybridized carbons (Fsp3) is 0.278. The van der Waals surface area contributed by atoms with Crippen LogP contribution in [0.15, 0.2) is 53.0 Å². The lowest BCUT2D eigenvalue weighted by atomic mass is 9.92. The summed E-state index contributed by atoms with van der Waals surface area (Å²) in [7, 11) is 0. The van der Waals surface area contributed by atoms with Gasteiger partial charge in [-0.3, -0.25) is 4.79 Å². The van der Waals surface area contributed by atoms with E-state index in [-0.39, 0.29) is 11.9 Å². The van der Waals surface area contributed by atoms with Gasteiger partial charge in [0.1, 0.15) is 0 Å². The van der Waals surface area contributed by atoms with Crippen molar-refractivity contribution < 1.29 is 4.79 Å². The number of fused-ring (bicyclic) bond motifs is 1. The number of nitrogens with zero attached hydrogens (tertiary/aromatic N) is 1. The van der Waals surface area contributed by atoms with Crippen molar-refractivity contribution in [2.75, 3.05) is 10.2 Å². The average molecular weight is 359 g/mol. The van der Waals surface area contributed by atoms with Crippen molar-refractivity contribution >= 4 is 33.2 Å². The molecule has 0 saturated carbocycles. The molecule has 0 aromatic heterocycles. The van der Waals surface area contributed by atoms with Crippen LogP contribution in [-0.2, 0) is 4.79 Å². The molecule has 4 heteroatoms. The number of para-hydroxylation sites is 1. The Morgan fingerprint density at radius 1 is 1.23 bits per heavy atom. The molecule has 2 atom stereocenters. The third-order valence-electron chi connectivity index (χ3n) is 4.04. The monoisotopic (exact) mass is 358 g/mol. The minimum atomic E-state index is 0.0450. The average Bonchev–Trinajstić information content (AvgIpc) is 2.49. The van der Waals surface area contributed by atoms with Gasteiger partial charge in [-0.25, -0.2) is 0 Å². The van der Waals surface area contributed by atoms with Gasteiger partial charge in [-0.05, 0) is 49.2 Å². The molecule has 0 unspecified atom stereocenters. The van der Waals surface area contributed by atoms with Crippen molar-refractivity contribution in [3.8, 4) is 0 Å². The Kier molecular flexibility index (Phi) is 4.21. The first-order valence-corrected chi connectivity index (χ1v) is 8.26. The second kappa shape index (κ2) is 6.13. The normalized spacial score (nSPS) is 20.0. The molecule has 1 aliphatic heterocycles. The number of carbonyl (C=O) groups is 1. The van der Waals surface area contributed by atoms with Gasteiger partial charge in [0.05, 0.1) is 6.04 Å². The SMILES string of the molecule is CC(=O)N(c1ccccc1)[C@H]1C[C@H](C)Nc2ccc(Br)cc21. The van der Waals surface area contributed by atoms with E-state index in [0.717, 1.165) is 27.8 Å². The molecule has 1 aliphatic rings. The number of rotatable bonds is 2. The lowest BCUT2D eigenvalue weighted by molar-refractivity contribution is -0.117. The standard InChI is InChI=1S/C18H19BrN2O/c1-12-10-18(16-11-14(19)8-9-17(16)20-12)21(13(2)22)15-6-4-3-5-7-15/h3-9,11-12,18,20H,10H2,1-2H3/t12-,18-/m0/s1. The van der Waals surface area contributed by atoms with Crippen molar-refractivity contribution in [3.05, 3.63) is 58.6 Å². The van der Waals surface area contributed by atoms with Crippen molar-refractivity contribution in [2.45, 2.75) is 32.4 Å². The summed E-state index contributed by atoms with van der Waals surface area (Å²) in [5.41, 5.74) is 3.21. The van der Waals surface area contributed by atoms with Gasteiger partial charge < -0.3 is 10.2 Å². The zero-order valence-corrected chi connectivity index (χ0v) is 14.3.